The molecule has 146 valence electrons. The fourth-order valence-electron chi connectivity index (χ4n) is 2.17. The van der Waals surface area contributed by atoms with Crippen LogP contribution >= 0.6 is 0 Å². The van der Waals surface area contributed by atoms with Crippen LogP contribution in [0.3, 0.4) is 0 Å². The lowest BCUT2D eigenvalue weighted by Gasteiger charge is -2.16. The maximum atomic E-state index is 10.2. The van der Waals surface area contributed by atoms with Crippen molar-refractivity contribution in [3.8, 4) is 5.75 Å². The van der Waals surface area contributed by atoms with Gasteiger partial charge in [0.2, 0.25) is 0 Å². The second-order valence-electron chi connectivity index (χ2n) is 6.30. The average Bonchev–Trinajstić information content (AvgIpc) is 2.67. The number of aliphatic hydroxyl groups is 1. The van der Waals surface area contributed by atoms with Crippen LogP contribution in [-0.4, -0.2) is 41.5 Å². The number of aliphatic hydroxyl groups excluding tert-OH is 1. The molecule has 27 heavy (non-hydrogen) atoms. The third kappa shape index (κ3) is 9.58. The Bertz CT molecular complexity index is 686. The number of allylic oxidation sites excluding steroid dienone is 1. The highest BCUT2D eigenvalue weighted by Gasteiger charge is 2.07. The van der Waals surface area contributed by atoms with Gasteiger partial charge in [-0.1, -0.05) is 56.3 Å². The molecule has 0 saturated carbocycles. The fraction of sp³-hybridized carbons (Fsp3) is 0.318. The van der Waals surface area contributed by atoms with Crippen LogP contribution < -0.4 is 10.1 Å². The van der Waals surface area contributed by atoms with Crippen LogP contribution in [0.2, 0.25) is 0 Å². The van der Waals surface area contributed by atoms with Gasteiger partial charge in [0.1, 0.15) is 18.5 Å². The van der Waals surface area contributed by atoms with Crippen LogP contribution in [0.15, 0.2) is 67.3 Å². The average molecular weight is 371 g/mol. The molecule has 0 aliphatic heterocycles. The van der Waals surface area contributed by atoms with Crippen LogP contribution in [0.5, 0.6) is 5.75 Å². The predicted molar refractivity (Wildman–Crippen MR) is 108 cm³/mol. The number of para-hydroxylation sites is 1. The number of carbonyl (C=O) groups is 1. The van der Waals surface area contributed by atoms with Gasteiger partial charge in [-0.3, -0.25) is 0 Å². The molecule has 3 N–H and O–H groups in total. The van der Waals surface area contributed by atoms with Crippen LogP contribution in [-0.2, 0) is 6.42 Å². The van der Waals surface area contributed by atoms with Crippen LogP contribution in [0.1, 0.15) is 29.8 Å². The SMILES string of the molecule is C=CCc1ccccc1OC[C@H](O)CNC(C)C.O=C(O)c1ccccc1. The molecule has 0 aliphatic rings. The Balaban J connectivity index is 0.000000337. The number of carboxylic acid groups (broad SMARTS) is 1. The van der Waals surface area contributed by atoms with Crippen molar-refractivity contribution < 1.29 is 19.7 Å². The van der Waals surface area contributed by atoms with Gasteiger partial charge in [0.15, 0.2) is 0 Å². The molecule has 0 bridgehead atoms. The van der Waals surface area contributed by atoms with Crippen molar-refractivity contribution in [1.82, 2.24) is 5.32 Å². The highest BCUT2D eigenvalue weighted by molar-refractivity contribution is 5.87. The number of carboxylic acids is 1. The van der Waals surface area contributed by atoms with Crippen molar-refractivity contribution in [2.45, 2.75) is 32.4 Å². The Morgan fingerprint density at radius 2 is 1.78 bits per heavy atom. The van der Waals surface area contributed by atoms with Gasteiger partial charge in [-0.25, -0.2) is 4.79 Å². The summed E-state index contributed by atoms with van der Waals surface area (Å²) in [6.07, 6.45) is 2.12. The van der Waals surface area contributed by atoms with Crippen molar-refractivity contribution in [1.29, 1.82) is 0 Å². The highest BCUT2D eigenvalue weighted by Crippen LogP contribution is 2.18. The summed E-state index contributed by atoms with van der Waals surface area (Å²) in [5, 5.41) is 21.3. The molecule has 5 nitrogen and oxygen atoms in total. The standard InChI is InChI=1S/C15H23NO2.C7H6O2/c1-4-7-13-8-5-6-9-15(13)18-11-14(17)10-16-12(2)3;8-7(9)6-4-2-1-3-5-6/h4-6,8-9,12,14,16-17H,1,7,10-11H2,2-3H3;1-5H,(H,8,9)/t14-;/m1./s1. The molecule has 0 amide bonds. The summed E-state index contributed by atoms with van der Waals surface area (Å²) >= 11 is 0. The summed E-state index contributed by atoms with van der Waals surface area (Å²) in [5.41, 5.74) is 1.43. The molecule has 0 fully saturated rings. The van der Waals surface area contributed by atoms with Crippen molar-refractivity contribution in [2.24, 2.45) is 0 Å². The van der Waals surface area contributed by atoms with E-state index >= 15 is 0 Å². The normalized spacial score (nSPS) is 11.3. The van der Waals surface area contributed by atoms with Crippen molar-refractivity contribution in [3.05, 3.63) is 78.4 Å². The minimum absolute atomic E-state index is 0.299. The van der Waals surface area contributed by atoms with Crippen molar-refractivity contribution >= 4 is 5.97 Å². The minimum Gasteiger partial charge on any atom is -0.491 e. The number of benzene rings is 2. The Kier molecular flexibility index (Phi) is 10.5. The molecule has 0 heterocycles. The maximum Gasteiger partial charge on any atom is 0.335 e. The summed E-state index contributed by atoms with van der Waals surface area (Å²) in [6, 6.07) is 16.5. The molecule has 0 radical (unpaired) electrons. The van der Waals surface area contributed by atoms with E-state index in [-0.39, 0.29) is 0 Å². The predicted octanol–water partition coefficient (Wildman–Crippen LogP) is 3.54. The van der Waals surface area contributed by atoms with E-state index in [1.807, 2.05) is 44.2 Å². The molecule has 5 heteroatoms. The van der Waals surface area contributed by atoms with E-state index in [2.05, 4.69) is 11.9 Å². The Hall–Kier alpha value is -2.63. The van der Waals surface area contributed by atoms with Gasteiger partial charge < -0.3 is 20.3 Å². The zero-order chi connectivity index (χ0) is 20.1. The smallest absolute Gasteiger partial charge is 0.335 e. The number of hydrogen-bond acceptors (Lipinski definition) is 4. The van der Waals surface area contributed by atoms with Crippen LogP contribution in [0, 0.1) is 0 Å². The van der Waals surface area contributed by atoms with Gasteiger partial charge in [0.25, 0.3) is 0 Å². The molecule has 0 aliphatic carbocycles. The lowest BCUT2D eigenvalue weighted by Crippen LogP contribution is -2.35. The third-order valence-corrected chi connectivity index (χ3v) is 3.55. The summed E-state index contributed by atoms with van der Waals surface area (Å²) in [6.45, 7) is 8.67. The topological polar surface area (TPSA) is 78.8 Å². The molecule has 0 aromatic heterocycles. The van der Waals surface area contributed by atoms with Crippen LogP contribution in [0.25, 0.3) is 0 Å². The molecular weight excluding hydrogens is 342 g/mol. The van der Waals surface area contributed by atoms with E-state index < -0.39 is 12.1 Å². The summed E-state index contributed by atoms with van der Waals surface area (Å²) < 4.78 is 5.65. The van der Waals surface area contributed by atoms with Gasteiger partial charge in [0, 0.05) is 12.6 Å². The van der Waals surface area contributed by atoms with Gasteiger partial charge >= 0.3 is 5.97 Å². The van der Waals surface area contributed by atoms with E-state index in [4.69, 9.17) is 9.84 Å². The Labute approximate surface area is 161 Å². The van der Waals surface area contributed by atoms with Gasteiger partial charge in [-0.15, -0.1) is 6.58 Å². The monoisotopic (exact) mass is 371 g/mol. The first-order chi connectivity index (χ1) is 12.9. The van der Waals surface area contributed by atoms with E-state index in [0.717, 1.165) is 17.7 Å². The molecule has 1 atom stereocenters. The van der Waals surface area contributed by atoms with Gasteiger partial charge in [0.05, 0.1) is 5.56 Å². The first-order valence-corrected chi connectivity index (χ1v) is 8.95. The molecule has 0 saturated heterocycles. The number of ether oxygens (including phenoxy) is 1. The summed E-state index contributed by atoms with van der Waals surface area (Å²) in [4.78, 5) is 10.2. The number of nitrogens with one attached hydrogen (secondary N) is 1. The van der Waals surface area contributed by atoms with E-state index in [1.54, 1.807) is 30.3 Å². The molecule has 2 rings (SSSR count). The maximum absolute atomic E-state index is 10.2. The number of rotatable bonds is 9. The summed E-state index contributed by atoms with van der Waals surface area (Å²) in [5.74, 6) is -0.0587. The molecule has 2 aromatic rings. The minimum atomic E-state index is -0.879. The zero-order valence-electron chi connectivity index (χ0n) is 16.0. The number of aromatic carboxylic acids is 1. The zero-order valence-corrected chi connectivity index (χ0v) is 16.0. The highest BCUT2D eigenvalue weighted by atomic mass is 16.5. The number of hydrogen-bond donors (Lipinski definition) is 3. The largest absolute Gasteiger partial charge is 0.491 e. The molecular formula is C22H29NO4. The lowest BCUT2D eigenvalue weighted by molar-refractivity contribution is 0.0697. The Morgan fingerprint density at radius 1 is 1.15 bits per heavy atom. The van der Waals surface area contributed by atoms with Gasteiger partial charge in [-0.05, 0) is 30.2 Å². The van der Waals surface area contributed by atoms with Gasteiger partial charge in [-0.2, -0.15) is 0 Å². The van der Waals surface area contributed by atoms with E-state index in [0.29, 0.717) is 24.8 Å². The molecule has 2 aromatic carbocycles. The Morgan fingerprint density at radius 3 is 2.33 bits per heavy atom. The first kappa shape index (κ1) is 22.4. The molecule has 0 unspecified atom stereocenters. The van der Waals surface area contributed by atoms with Crippen molar-refractivity contribution in [3.63, 3.8) is 0 Å². The van der Waals surface area contributed by atoms with Crippen LogP contribution in [0.4, 0.5) is 0 Å². The second kappa shape index (κ2) is 12.7. The second-order valence-corrected chi connectivity index (χ2v) is 6.30. The van der Waals surface area contributed by atoms with Crippen molar-refractivity contribution in [2.75, 3.05) is 13.2 Å². The quantitative estimate of drug-likeness (QED) is 0.588. The summed E-state index contributed by atoms with van der Waals surface area (Å²) in [7, 11) is 0. The molecule has 0 spiro atoms. The first-order valence-electron chi connectivity index (χ1n) is 8.95. The van der Waals surface area contributed by atoms with E-state index in [1.165, 1.54) is 0 Å². The van der Waals surface area contributed by atoms with E-state index in [9.17, 15) is 9.90 Å². The fourth-order valence-corrected chi connectivity index (χ4v) is 2.17. The third-order valence-electron chi connectivity index (χ3n) is 3.55. The lowest BCUT2D eigenvalue weighted by atomic mass is 10.1.